The highest BCUT2D eigenvalue weighted by atomic mass is 35.5. The fourth-order valence-electron chi connectivity index (χ4n) is 3.50. The van der Waals surface area contributed by atoms with Crippen LogP contribution in [0.15, 0.2) is 18.2 Å². The smallest absolute Gasteiger partial charge is 0.410 e. The molecule has 1 unspecified atom stereocenters. The third kappa shape index (κ3) is 6.20. The summed E-state index contributed by atoms with van der Waals surface area (Å²) in [5.74, 6) is 0.692. The number of hydrogen-bond donors (Lipinski definition) is 4. The summed E-state index contributed by atoms with van der Waals surface area (Å²) in [5, 5.41) is 13.1. The van der Waals surface area contributed by atoms with Gasteiger partial charge in [-0.15, -0.1) is 0 Å². The van der Waals surface area contributed by atoms with E-state index in [2.05, 4.69) is 20.8 Å². The summed E-state index contributed by atoms with van der Waals surface area (Å²) in [4.78, 5) is 26.5. The topological polar surface area (TPSA) is 125 Å². The van der Waals surface area contributed by atoms with Crippen LogP contribution in [-0.2, 0) is 4.74 Å². The predicted octanol–water partition coefficient (Wildman–Crippen LogP) is 4.73. The largest absolute Gasteiger partial charge is 0.444 e. The Bertz CT molecular complexity index is 988. The standard InChI is InChI=1S/C21H28Cl2N6O3/c1-21(2,3)32-20(31)29-8-4-5-12(11-29)10-25-19(30)26-18-16(17(24)27-28-18)13-6-7-14(22)15(23)9-13/h6-7,9,12H,4-5,8,10-11H2,1-3H3,(H5,24,25,26,27,28,30). The number of halogens is 2. The Morgan fingerprint density at radius 1 is 1.31 bits per heavy atom. The van der Waals surface area contributed by atoms with E-state index in [0.29, 0.717) is 46.6 Å². The fourth-order valence-corrected chi connectivity index (χ4v) is 3.80. The van der Waals surface area contributed by atoms with E-state index < -0.39 is 11.6 Å². The molecular weight excluding hydrogens is 455 g/mol. The van der Waals surface area contributed by atoms with E-state index >= 15 is 0 Å². The van der Waals surface area contributed by atoms with Crippen molar-refractivity contribution in [3.63, 3.8) is 0 Å². The van der Waals surface area contributed by atoms with Gasteiger partial charge in [-0.05, 0) is 57.2 Å². The fraction of sp³-hybridized carbons (Fsp3) is 0.476. The lowest BCUT2D eigenvalue weighted by Gasteiger charge is -2.34. The summed E-state index contributed by atoms with van der Waals surface area (Å²) in [6.07, 6.45) is 1.43. The Morgan fingerprint density at radius 2 is 2.06 bits per heavy atom. The van der Waals surface area contributed by atoms with E-state index in [1.807, 2.05) is 20.8 Å². The Morgan fingerprint density at radius 3 is 2.75 bits per heavy atom. The minimum absolute atomic E-state index is 0.126. The second-order valence-corrected chi connectivity index (χ2v) is 9.57. The molecule has 2 heterocycles. The number of likely N-dealkylation sites (tertiary alicyclic amines) is 1. The molecule has 9 nitrogen and oxygen atoms in total. The van der Waals surface area contributed by atoms with Gasteiger partial charge in [0.25, 0.3) is 0 Å². The molecule has 174 valence electrons. The molecule has 0 bridgehead atoms. The van der Waals surface area contributed by atoms with Crippen molar-refractivity contribution < 1.29 is 14.3 Å². The minimum atomic E-state index is -0.542. The van der Waals surface area contributed by atoms with Crippen LogP contribution in [0.25, 0.3) is 11.1 Å². The molecule has 0 spiro atoms. The van der Waals surface area contributed by atoms with E-state index in [-0.39, 0.29) is 17.8 Å². The molecule has 1 aromatic heterocycles. The van der Waals surface area contributed by atoms with Gasteiger partial charge in [-0.3, -0.25) is 10.4 Å². The number of H-pyrrole nitrogens is 1. The molecule has 1 aliphatic heterocycles. The van der Waals surface area contributed by atoms with Crippen LogP contribution in [-0.4, -0.2) is 52.5 Å². The van der Waals surface area contributed by atoms with Crippen molar-refractivity contribution in [3.8, 4) is 11.1 Å². The van der Waals surface area contributed by atoms with E-state index in [9.17, 15) is 9.59 Å². The molecule has 3 amide bonds. The van der Waals surface area contributed by atoms with Crippen LogP contribution in [0.4, 0.5) is 21.2 Å². The highest BCUT2D eigenvalue weighted by Gasteiger charge is 2.28. The number of aromatic amines is 1. The van der Waals surface area contributed by atoms with Crippen LogP contribution in [0.2, 0.25) is 10.0 Å². The number of aromatic nitrogens is 2. The first-order valence-electron chi connectivity index (χ1n) is 10.4. The Labute approximate surface area is 197 Å². The van der Waals surface area contributed by atoms with Gasteiger partial charge in [-0.25, -0.2) is 9.59 Å². The summed E-state index contributed by atoms with van der Waals surface area (Å²) < 4.78 is 5.45. The Kier molecular flexibility index (Phi) is 7.40. The molecule has 1 aliphatic rings. The number of urea groups is 1. The van der Waals surface area contributed by atoms with E-state index in [0.717, 1.165) is 12.8 Å². The van der Waals surface area contributed by atoms with Gasteiger partial charge in [0, 0.05) is 19.6 Å². The molecule has 1 saturated heterocycles. The monoisotopic (exact) mass is 482 g/mol. The third-order valence-electron chi connectivity index (χ3n) is 4.96. The van der Waals surface area contributed by atoms with Gasteiger partial charge < -0.3 is 20.7 Å². The predicted molar refractivity (Wildman–Crippen MR) is 126 cm³/mol. The number of piperidine rings is 1. The Balaban J connectivity index is 1.58. The quantitative estimate of drug-likeness (QED) is 0.500. The molecule has 1 aromatic carbocycles. The number of nitrogens with two attached hydrogens (primary N) is 1. The first-order chi connectivity index (χ1) is 15.0. The zero-order valence-electron chi connectivity index (χ0n) is 18.3. The molecule has 0 aliphatic carbocycles. The van der Waals surface area contributed by atoms with Gasteiger partial charge >= 0.3 is 12.1 Å². The number of nitrogens with zero attached hydrogens (tertiary/aromatic N) is 2. The van der Waals surface area contributed by atoms with Crippen LogP contribution in [0.3, 0.4) is 0 Å². The average molecular weight is 483 g/mol. The van der Waals surface area contributed by atoms with Crippen molar-refractivity contribution in [2.24, 2.45) is 5.92 Å². The van der Waals surface area contributed by atoms with Crippen molar-refractivity contribution in [1.82, 2.24) is 20.4 Å². The van der Waals surface area contributed by atoms with Crippen molar-refractivity contribution in [3.05, 3.63) is 28.2 Å². The molecule has 0 radical (unpaired) electrons. The van der Waals surface area contributed by atoms with Gasteiger partial charge in [0.15, 0.2) is 5.82 Å². The number of amides is 3. The van der Waals surface area contributed by atoms with Crippen molar-refractivity contribution in [2.75, 3.05) is 30.7 Å². The van der Waals surface area contributed by atoms with Crippen molar-refractivity contribution >= 4 is 47.0 Å². The summed E-state index contributed by atoms with van der Waals surface area (Å²) in [6.45, 7) is 7.11. The first-order valence-corrected chi connectivity index (χ1v) is 11.1. The van der Waals surface area contributed by atoms with Crippen LogP contribution in [0, 0.1) is 5.92 Å². The zero-order chi connectivity index (χ0) is 23.5. The van der Waals surface area contributed by atoms with E-state index in [4.69, 9.17) is 33.7 Å². The van der Waals surface area contributed by atoms with Crippen LogP contribution in [0.1, 0.15) is 33.6 Å². The average Bonchev–Trinajstić information content (AvgIpc) is 3.07. The number of carbonyl (C=O) groups is 2. The molecule has 11 heteroatoms. The highest BCUT2D eigenvalue weighted by molar-refractivity contribution is 6.42. The normalized spacial score (nSPS) is 16.5. The van der Waals surface area contributed by atoms with Gasteiger partial charge in [0.2, 0.25) is 0 Å². The molecule has 0 saturated carbocycles. The molecular formula is C21H28Cl2N6O3. The number of ether oxygens (including phenoxy) is 1. The maximum atomic E-state index is 12.5. The molecule has 1 atom stereocenters. The first kappa shape index (κ1) is 24.0. The SMILES string of the molecule is CC(C)(C)OC(=O)N1CCCC(CNC(=O)Nc2n[nH]c(N)c2-c2ccc(Cl)c(Cl)c2)C1. The number of carbonyl (C=O) groups excluding carboxylic acids is 2. The Hall–Kier alpha value is -2.65. The number of hydrogen-bond acceptors (Lipinski definition) is 5. The highest BCUT2D eigenvalue weighted by Crippen LogP contribution is 2.35. The zero-order valence-corrected chi connectivity index (χ0v) is 19.8. The van der Waals surface area contributed by atoms with Crippen LogP contribution in [0.5, 0.6) is 0 Å². The summed E-state index contributed by atoms with van der Waals surface area (Å²) >= 11 is 12.1. The lowest BCUT2D eigenvalue weighted by molar-refractivity contribution is 0.0168. The van der Waals surface area contributed by atoms with Crippen LogP contribution >= 0.6 is 23.2 Å². The van der Waals surface area contributed by atoms with Gasteiger partial charge in [-0.2, -0.15) is 5.10 Å². The number of rotatable bonds is 4. The van der Waals surface area contributed by atoms with Crippen LogP contribution < -0.4 is 16.4 Å². The molecule has 1 fully saturated rings. The lowest BCUT2D eigenvalue weighted by Crippen LogP contribution is -2.46. The van der Waals surface area contributed by atoms with Crippen molar-refractivity contribution in [2.45, 2.75) is 39.2 Å². The third-order valence-corrected chi connectivity index (χ3v) is 5.70. The minimum Gasteiger partial charge on any atom is -0.444 e. The molecule has 32 heavy (non-hydrogen) atoms. The number of nitrogens with one attached hydrogen (secondary N) is 3. The summed E-state index contributed by atoms with van der Waals surface area (Å²) in [7, 11) is 0. The summed E-state index contributed by atoms with van der Waals surface area (Å²) in [5.41, 5.74) is 6.65. The molecule has 5 N–H and O–H groups in total. The van der Waals surface area contributed by atoms with E-state index in [1.165, 1.54) is 0 Å². The number of anilines is 2. The van der Waals surface area contributed by atoms with Crippen molar-refractivity contribution in [1.29, 1.82) is 0 Å². The maximum absolute atomic E-state index is 12.5. The van der Waals surface area contributed by atoms with E-state index in [1.54, 1.807) is 23.1 Å². The molecule has 2 aromatic rings. The lowest BCUT2D eigenvalue weighted by atomic mass is 9.98. The second-order valence-electron chi connectivity index (χ2n) is 8.76. The van der Waals surface area contributed by atoms with Gasteiger partial charge in [0.05, 0.1) is 15.6 Å². The summed E-state index contributed by atoms with van der Waals surface area (Å²) in [6, 6.07) is 4.62. The number of benzene rings is 1. The second kappa shape index (κ2) is 9.87. The number of nitrogen functional groups attached to an aromatic ring is 1. The molecule has 3 rings (SSSR count). The maximum Gasteiger partial charge on any atom is 0.410 e. The van der Waals surface area contributed by atoms with Gasteiger partial charge in [0.1, 0.15) is 11.4 Å². The van der Waals surface area contributed by atoms with Gasteiger partial charge in [-0.1, -0.05) is 29.3 Å².